The number of nitrogens with zero attached hydrogens (tertiary/aromatic N) is 2. The summed E-state index contributed by atoms with van der Waals surface area (Å²) in [5.41, 5.74) is 0. The van der Waals surface area contributed by atoms with Crippen molar-refractivity contribution in [2.75, 3.05) is 52.9 Å². The van der Waals surface area contributed by atoms with Crippen molar-refractivity contribution in [3.05, 3.63) is 0 Å². The summed E-state index contributed by atoms with van der Waals surface area (Å²) in [5.74, 6) is 0.170. The number of hydrogen-bond donors (Lipinski definition) is 2. The number of rotatable bonds is 7. The lowest BCUT2D eigenvalue weighted by atomic mass is 10.3. The number of carbonyl (C=O) groups is 2. The van der Waals surface area contributed by atoms with E-state index in [0.717, 1.165) is 39.1 Å². The average Bonchev–Trinajstić information content (AvgIpc) is 2.41. The summed E-state index contributed by atoms with van der Waals surface area (Å²) < 4.78 is 0. The lowest BCUT2D eigenvalue weighted by Gasteiger charge is -2.32. The average molecular weight is 270 g/mol. The van der Waals surface area contributed by atoms with E-state index in [0.29, 0.717) is 19.5 Å². The summed E-state index contributed by atoms with van der Waals surface area (Å²) in [6.07, 6.45) is 1.37. The van der Waals surface area contributed by atoms with Gasteiger partial charge in [0.25, 0.3) is 0 Å². The van der Waals surface area contributed by atoms with E-state index in [9.17, 15) is 9.59 Å². The summed E-state index contributed by atoms with van der Waals surface area (Å²) in [5, 5.41) is 5.84. The van der Waals surface area contributed by atoms with Crippen molar-refractivity contribution in [2.45, 2.75) is 19.8 Å². The summed E-state index contributed by atoms with van der Waals surface area (Å²) in [6, 6.07) is 0. The highest BCUT2D eigenvalue weighted by molar-refractivity contribution is 5.78. The molecule has 1 aliphatic rings. The minimum absolute atomic E-state index is 0.0430. The van der Waals surface area contributed by atoms with Crippen LogP contribution in [-0.2, 0) is 9.59 Å². The van der Waals surface area contributed by atoms with Crippen LogP contribution in [0.3, 0.4) is 0 Å². The minimum Gasteiger partial charge on any atom is -0.356 e. The van der Waals surface area contributed by atoms with Gasteiger partial charge in [0.05, 0.1) is 6.54 Å². The van der Waals surface area contributed by atoms with Crippen molar-refractivity contribution in [3.63, 3.8) is 0 Å². The van der Waals surface area contributed by atoms with Gasteiger partial charge in [-0.3, -0.25) is 9.59 Å². The number of likely N-dealkylation sites (N-methyl/N-ethyl adjacent to an activating group) is 1. The summed E-state index contributed by atoms with van der Waals surface area (Å²) in [4.78, 5) is 27.3. The Morgan fingerprint density at radius 2 is 1.79 bits per heavy atom. The van der Waals surface area contributed by atoms with E-state index in [-0.39, 0.29) is 11.8 Å². The molecule has 0 radical (unpaired) electrons. The van der Waals surface area contributed by atoms with Crippen molar-refractivity contribution in [1.82, 2.24) is 20.4 Å². The first-order valence-electron chi connectivity index (χ1n) is 7.07. The van der Waals surface area contributed by atoms with E-state index < -0.39 is 0 Å². The molecule has 6 nitrogen and oxygen atoms in total. The van der Waals surface area contributed by atoms with E-state index in [2.05, 4.69) is 22.6 Å². The Morgan fingerprint density at radius 1 is 1.11 bits per heavy atom. The van der Waals surface area contributed by atoms with Crippen molar-refractivity contribution < 1.29 is 9.59 Å². The van der Waals surface area contributed by atoms with E-state index in [1.807, 2.05) is 11.8 Å². The van der Waals surface area contributed by atoms with Gasteiger partial charge in [-0.15, -0.1) is 0 Å². The van der Waals surface area contributed by atoms with Crippen LogP contribution in [-0.4, -0.2) is 74.5 Å². The van der Waals surface area contributed by atoms with Gasteiger partial charge in [-0.25, -0.2) is 0 Å². The fraction of sp³-hybridized carbons (Fsp3) is 0.846. The van der Waals surface area contributed by atoms with Gasteiger partial charge in [-0.05, 0) is 13.5 Å². The van der Waals surface area contributed by atoms with Crippen molar-refractivity contribution in [1.29, 1.82) is 0 Å². The molecule has 0 aromatic rings. The highest BCUT2D eigenvalue weighted by atomic mass is 16.2. The molecule has 1 fully saturated rings. The lowest BCUT2D eigenvalue weighted by molar-refractivity contribution is -0.132. The topological polar surface area (TPSA) is 64.7 Å². The monoisotopic (exact) mass is 270 g/mol. The zero-order valence-electron chi connectivity index (χ0n) is 12.1. The maximum absolute atomic E-state index is 11.9. The van der Waals surface area contributed by atoms with Gasteiger partial charge in [-0.2, -0.15) is 0 Å². The second-order valence-corrected chi connectivity index (χ2v) is 4.96. The first-order chi connectivity index (χ1) is 9.13. The highest BCUT2D eigenvalue weighted by Gasteiger charge is 2.18. The molecule has 0 saturated carbocycles. The molecule has 1 saturated heterocycles. The van der Waals surface area contributed by atoms with Crippen molar-refractivity contribution in [2.24, 2.45) is 0 Å². The quantitative estimate of drug-likeness (QED) is 0.599. The van der Waals surface area contributed by atoms with E-state index in [1.54, 1.807) is 0 Å². The zero-order valence-corrected chi connectivity index (χ0v) is 12.1. The first-order valence-corrected chi connectivity index (χ1v) is 7.07. The molecule has 2 amide bonds. The molecule has 19 heavy (non-hydrogen) atoms. The van der Waals surface area contributed by atoms with Crippen LogP contribution >= 0.6 is 0 Å². The number of carbonyl (C=O) groups excluding carboxylic acids is 2. The van der Waals surface area contributed by atoms with Crippen LogP contribution in [0, 0.1) is 0 Å². The molecule has 0 aromatic carbocycles. The van der Waals surface area contributed by atoms with Crippen LogP contribution in [0.4, 0.5) is 0 Å². The Hall–Kier alpha value is -1.14. The van der Waals surface area contributed by atoms with Crippen LogP contribution in [0.2, 0.25) is 0 Å². The van der Waals surface area contributed by atoms with Gasteiger partial charge in [-0.1, -0.05) is 6.92 Å². The first kappa shape index (κ1) is 15.9. The molecular formula is C13H26N4O2. The van der Waals surface area contributed by atoms with Crippen LogP contribution in [0.1, 0.15) is 19.8 Å². The minimum atomic E-state index is 0.0430. The SMILES string of the molecule is CCCNC(=O)CCNCC(=O)N1CCN(C)CC1. The van der Waals surface area contributed by atoms with Gasteiger partial charge in [0.15, 0.2) is 0 Å². The van der Waals surface area contributed by atoms with Gasteiger partial charge in [0.2, 0.25) is 11.8 Å². The molecular weight excluding hydrogens is 244 g/mol. The molecule has 1 aliphatic heterocycles. The molecule has 0 spiro atoms. The highest BCUT2D eigenvalue weighted by Crippen LogP contribution is 1.98. The number of piperazine rings is 1. The normalized spacial score (nSPS) is 16.4. The molecule has 1 heterocycles. The van der Waals surface area contributed by atoms with Gasteiger partial charge >= 0.3 is 0 Å². The Morgan fingerprint density at radius 3 is 2.42 bits per heavy atom. The molecule has 6 heteroatoms. The third-order valence-corrected chi connectivity index (χ3v) is 3.23. The smallest absolute Gasteiger partial charge is 0.236 e. The lowest BCUT2D eigenvalue weighted by Crippen LogP contribution is -2.49. The summed E-state index contributed by atoms with van der Waals surface area (Å²) in [6.45, 7) is 7.09. The van der Waals surface area contributed by atoms with Crippen molar-refractivity contribution >= 4 is 11.8 Å². The Bertz CT molecular complexity index is 288. The molecule has 110 valence electrons. The maximum atomic E-state index is 11.9. The predicted octanol–water partition coefficient (Wildman–Crippen LogP) is -0.734. The van der Waals surface area contributed by atoms with Crippen molar-refractivity contribution in [3.8, 4) is 0 Å². The third kappa shape index (κ3) is 6.54. The number of amides is 2. The van der Waals surface area contributed by atoms with Gasteiger partial charge < -0.3 is 20.4 Å². The molecule has 0 atom stereocenters. The van der Waals surface area contributed by atoms with Crippen LogP contribution in [0.15, 0.2) is 0 Å². The van der Waals surface area contributed by atoms with Gasteiger partial charge in [0.1, 0.15) is 0 Å². The standard InChI is InChI=1S/C13H26N4O2/c1-3-5-15-12(18)4-6-14-11-13(19)17-9-7-16(2)8-10-17/h14H,3-11H2,1-2H3,(H,15,18). The second-order valence-electron chi connectivity index (χ2n) is 4.96. The molecule has 0 unspecified atom stereocenters. The van der Waals surface area contributed by atoms with Crippen LogP contribution < -0.4 is 10.6 Å². The molecule has 0 bridgehead atoms. The largest absolute Gasteiger partial charge is 0.356 e. The Labute approximate surface area is 115 Å². The second kappa shape index (κ2) is 8.87. The predicted molar refractivity (Wildman–Crippen MR) is 74.9 cm³/mol. The van der Waals surface area contributed by atoms with E-state index in [1.165, 1.54) is 0 Å². The zero-order chi connectivity index (χ0) is 14.1. The number of hydrogen-bond acceptors (Lipinski definition) is 4. The van der Waals surface area contributed by atoms with E-state index >= 15 is 0 Å². The third-order valence-electron chi connectivity index (χ3n) is 3.23. The Kier molecular flexibility index (Phi) is 7.43. The molecule has 0 aromatic heterocycles. The molecule has 2 N–H and O–H groups in total. The van der Waals surface area contributed by atoms with Crippen LogP contribution in [0.5, 0.6) is 0 Å². The number of nitrogens with one attached hydrogen (secondary N) is 2. The summed E-state index contributed by atoms with van der Waals surface area (Å²) >= 11 is 0. The van der Waals surface area contributed by atoms with E-state index in [4.69, 9.17) is 0 Å². The summed E-state index contributed by atoms with van der Waals surface area (Å²) in [7, 11) is 2.06. The fourth-order valence-electron chi connectivity index (χ4n) is 1.92. The maximum Gasteiger partial charge on any atom is 0.236 e. The molecule has 1 rings (SSSR count). The molecule has 0 aliphatic carbocycles. The van der Waals surface area contributed by atoms with Crippen LogP contribution in [0.25, 0.3) is 0 Å². The fourth-order valence-corrected chi connectivity index (χ4v) is 1.92. The Balaban J connectivity index is 2.05. The van der Waals surface area contributed by atoms with Gasteiger partial charge in [0, 0.05) is 45.7 Å².